The van der Waals surface area contributed by atoms with Gasteiger partial charge in [0.1, 0.15) is 5.00 Å². The van der Waals surface area contributed by atoms with E-state index in [4.69, 9.17) is 5.73 Å². The van der Waals surface area contributed by atoms with Crippen LogP contribution in [0.3, 0.4) is 0 Å². The van der Waals surface area contributed by atoms with Crippen LogP contribution in [0.5, 0.6) is 0 Å². The second kappa shape index (κ2) is 7.32. The number of primary amides is 1. The van der Waals surface area contributed by atoms with Crippen LogP contribution in [0.4, 0.5) is 5.00 Å². The topological polar surface area (TPSA) is 72.2 Å². The van der Waals surface area contributed by atoms with Gasteiger partial charge in [-0.25, -0.2) is 0 Å². The summed E-state index contributed by atoms with van der Waals surface area (Å²) in [6.07, 6.45) is 0.247. The second-order valence-corrected chi connectivity index (χ2v) is 6.85. The lowest BCUT2D eigenvalue weighted by Gasteiger charge is -2.05. The number of benzene rings is 2. The van der Waals surface area contributed by atoms with Crippen molar-refractivity contribution < 1.29 is 9.59 Å². The number of aryl methyl sites for hydroxylation is 1. The zero-order chi connectivity index (χ0) is 17.8. The highest BCUT2D eigenvalue weighted by Gasteiger charge is 2.17. The van der Waals surface area contributed by atoms with Gasteiger partial charge in [-0.05, 0) is 24.1 Å². The molecule has 0 spiro atoms. The predicted molar refractivity (Wildman–Crippen MR) is 102 cm³/mol. The molecule has 1 heterocycles. The molecule has 5 heteroatoms. The molecule has 0 unspecified atom stereocenters. The van der Waals surface area contributed by atoms with Crippen LogP contribution in [0.25, 0.3) is 10.4 Å². The third-order valence-corrected chi connectivity index (χ3v) is 4.89. The number of anilines is 1. The first-order valence-corrected chi connectivity index (χ1v) is 8.69. The number of rotatable bonds is 5. The van der Waals surface area contributed by atoms with Gasteiger partial charge in [-0.15, -0.1) is 11.3 Å². The summed E-state index contributed by atoms with van der Waals surface area (Å²) in [6, 6.07) is 19.2. The SMILES string of the molecule is Cc1ccc(CC(=O)Nc2sc(-c3ccccc3)cc2C(N)=O)cc1. The first-order chi connectivity index (χ1) is 12.0. The number of hydrogen-bond acceptors (Lipinski definition) is 3. The Labute approximate surface area is 150 Å². The lowest BCUT2D eigenvalue weighted by atomic mass is 10.1. The van der Waals surface area contributed by atoms with Crippen molar-refractivity contribution in [1.82, 2.24) is 0 Å². The fourth-order valence-corrected chi connectivity index (χ4v) is 3.56. The summed E-state index contributed by atoms with van der Waals surface area (Å²) in [4.78, 5) is 24.9. The molecule has 1 aromatic heterocycles. The molecule has 3 N–H and O–H groups in total. The molecule has 0 fully saturated rings. The normalized spacial score (nSPS) is 10.4. The van der Waals surface area contributed by atoms with Gasteiger partial charge in [0.05, 0.1) is 12.0 Å². The zero-order valence-corrected chi connectivity index (χ0v) is 14.6. The molecule has 0 aliphatic rings. The number of nitrogens with two attached hydrogens (primary N) is 1. The lowest BCUT2D eigenvalue weighted by Crippen LogP contribution is -2.17. The first-order valence-electron chi connectivity index (χ1n) is 7.87. The first kappa shape index (κ1) is 16.9. The largest absolute Gasteiger partial charge is 0.366 e. The molecule has 2 amide bonds. The third-order valence-electron chi connectivity index (χ3n) is 3.79. The van der Waals surface area contributed by atoms with E-state index in [1.54, 1.807) is 6.07 Å². The molecule has 25 heavy (non-hydrogen) atoms. The van der Waals surface area contributed by atoms with Crippen molar-refractivity contribution in [3.05, 3.63) is 77.4 Å². The number of carbonyl (C=O) groups excluding carboxylic acids is 2. The Bertz CT molecular complexity index is 899. The Hall–Kier alpha value is -2.92. The van der Waals surface area contributed by atoms with E-state index in [-0.39, 0.29) is 12.3 Å². The van der Waals surface area contributed by atoms with Crippen molar-refractivity contribution in [2.75, 3.05) is 5.32 Å². The summed E-state index contributed by atoms with van der Waals surface area (Å²) < 4.78 is 0. The van der Waals surface area contributed by atoms with Crippen molar-refractivity contribution in [1.29, 1.82) is 0 Å². The molecular weight excluding hydrogens is 332 g/mol. The van der Waals surface area contributed by atoms with Gasteiger partial charge in [0, 0.05) is 4.88 Å². The molecule has 2 aromatic carbocycles. The molecule has 126 valence electrons. The highest BCUT2D eigenvalue weighted by molar-refractivity contribution is 7.20. The van der Waals surface area contributed by atoms with Crippen LogP contribution < -0.4 is 11.1 Å². The Balaban J connectivity index is 1.81. The smallest absolute Gasteiger partial charge is 0.251 e. The van der Waals surface area contributed by atoms with Crippen molar-refractivity contribution in [3.8, 4) is 10.4 Å². The maximum absolute atomic E-state index is 12.3. The van der Waals surface area contributed by atoms with E-state index < -0.39 is 5.91 Å². The lowest BCUT2D eigenvalue weighted by molar-refractivity contribution is -0.115. The second-order valence-electron chi connectivity index (χ2n) is 5.79. The van der Waals surface area contributed by atoms with E-state index in [2.05, 4.69) is 5.32 Å². The van der Waals surface area contributed by atoms with Crippen molar-refractivity contribution in [2.45, 2.75) is 13.3 Å². The maximum atomic E-state index is 12.3. The summed E-state index contributed by atoms with van der Waals surface area (Å²) in [7, 11) is 0. The van der Waals surface area contributed by atoms with Crippen LogP contribution in [-0.4, -0.2) is 11.8 Å². The van der Waals surface area contributed by atoms with Gasteiger partial charge in [-0.1, -0.05) is 60.2 Å². The Morgan fingerprint density at radius 1 is 1.04 bits per heavy atom. The number of nitrogens with one attached hydrogen (secondary N) is 1. The van der Waals surface area contributed by atoms with Crippen molar-refractivity contribution in [2.24, 2.45) is 5.73 Å². The summed E-state index contributed by atoms with van der Waals surface area (Å²) in [6.45, 7) is 2.00. The number of hydrogen-bond donors (Lipinski definition) is 2. The summed E-state index contributed by atoms with van der Waals surface area (Å²) >= 11 is 1.35. The monoisotopic (exact) mass is 350 g/mol. The minimum absolute atomic E-state index is 0.173. The van der Waals surface area contributed by atoms with Gasteiger partial charge < -0.3 is 11.1 Å². The van der Waals surface area contributed by atoms with Crippen molar-refractivity contribution in [3.63, 3.8) is 0 Å². The summed E-state index contributed by atoms with van der Waals surface area (Å²) in [5, 5.41) is 3.31. The van der Waals surface area contributed by atoms with E-state index in [0.29, 0.717) is 10.6 Å². The van der Waals surface area contributed by atoms with Gasteiger partial charge in [0.2, 0.25) is 5.91 Å². The van der Waals surface area contributed by atoms with E-state index in [9.17, 15) is 9.59 Å². The molecule has 0 aliphatic carbocycles. The summed E-state index contributed by atoms with van der Waals surface area (Å²) in [5.41, 5.74) is 8.85. The fraction of sp³-hybridized carbons (Fsp3) is 0.100. The van der Waals surface area contributed by atoms with Crippen LogP contribution in [0, 0.1) is 6.92 Å². The minimum Gasteiger partial charge on any atom is -0.366 e. The Kier molecular flexibility index (Phi) is 4.95. The number of thiophene rings is 1. The van der Waals surface area contributed by atoms with Crippen LogP contribution in [-0.2, 0) is 11.2 Å². The van der Waals surface area contributed by atoms with Crippen LogP contribution in [0.15, 0.2) is 60.7 Å². The van der Waals surface area contributed by atoms with Crippen molar-refractivity contribution >= 4 is 28.2 Å². The van der Waals surface area contributed by atoms with E-state index in [1.165, 1.54) is 11.3 Å². The van der Waals surface area contributed by atoms with Crippen LogP contribution in [0.2, 0.25) is 0 Å². The molecule has 0 atom stereocenters. The minimum atomic E-state index is -0.552. The highest BCUT2D eigenvalue weighted by Crippen LogP contribution is 2.35. The van der Waals surface area contributed by atoms with Gasteiger partial charge >= 0.3 is 0 Å². The van der Waals surface area contributed by atoms with E-state index >= 15 is 0 Å². The van der Waals surface area contributed by atoms with Gasteiger partial charge in [0.25, 0.3) is 5.91 Å². The van der Waals surface area contributed by atoms with E-state index in [0.717, 1.165) is 21.6 Å². The molecule has 3 rings (SSSR count). The third kappa shape index (κ3) is 4.14. The Morgan fingerprint density at radius 2 is 1.72 bits per heavy atom. The number of amides is 2. The molecule has 4 nitrogen and oxygen atoms in total. The Morgan fingerprint density at radius 3 is 2.36 bits per heavy atom. The van der Waals surface area contributed by atoms with E-state index in [1.807, 2.05) is 61.5 Å². The van der Waals surface area contributed by atoms with Gasteiger partial charge in [-0.2, -0.15) is 0 Å². The molecule has 0 aliphatic heterocycles. The molecule has 0 saturated carbocycles. The standard InChI is InChI=1S/C20H18N2O2S/c1-13-7-9-14(10-8-13)11-18(23)22-20-16(19(21)24)12-17(25-20)15-5-3-2-4-6-15/h2-10,12H,11H2,1H3,(H2,21,24)(H,22,23). The predicted octanol–water partition coefficient (Wildman–Crippen LogP) is 4.00. The highest BCUT2D eigenvalue weighted by atomic mass is 32.1. The molecule has 0 bridgehead atoms. The van der Waals surface area contributed by atoms with Gasteiger partial charge in [-0.3, -0.25) is 9.59 Å². The average Bonchev–Trinajstić information content (AvgIpc) is 3.02. The quantitative estimate of drug-likeness (QED) is 0.730. The molecular formula is C20H18N2O2S. The molecule has 0 radical (unpaired) electrons. The number of carbonyl (C=O) groups is 2. The fourth-order valence-electron chi connectivity index (χ4n) is 2.47. The molecule has 3 aromatic rings. The molecule has 0 saturated heterocycles. The average molecular weight is 350 g/mol. The van der Waals surface area contributed by atoms with Gasteiger partial charge in [0.15, 0.2) is 0 Å². The maximum Gasteiger partial charge on any atom is 0.251 e. The van der Waals surface area contributed by atoms with Crippen LogP contribution in [0.1, 0.15) is 21.5 Å². The zero-order valence-electron chi connectivity index (χ0n) is 13.8. The van der Waals surface area contributed by atoms with Crippen LogP contribution >= 0.6 is 11.3 Å². The summed E-state index contributed by atoms with van der Waals surface area (Å²) in [5.74, 6) is -0.725.